The molecule has 0 saturated heterocycles. The third-order valence-electron chi connectivity index (χ3n) is 2.40. The highest BCUT2D eigenvalue weighted by Gasteiger charge is 2.07. The van der Waals surface area contributed by atoms with E-state index in [0.29, 0.717) is 13.0 Å². The molecule has 0 spiro atoms. The van der Waals surface area contributed by atoms with E-state index in [0.717, 1.165) is 24.0 Å². The Bertz CT molecular complexity index is 429. The molecule has 0 saturated carbocycles. The first-order valence-corrected chi connectivity index (χ1v) is 6.86. The molecule has 0 fully saturated rings. The van der Waals surface area contributed by atoms with Crippen molar-refractivity contribution in [1.29, 1.82) is 0 Å². The summed E-state index contributed by atoms with van der Waals surface area (Å²) in [5.74, 6) is -0.230. The van der Waals surface area contributed by atoms with Crippen LogP contribution < -0.4 is 5.73 Å². The van der Waals surface area contributed by atoms with Crippen LogP contribution in [-0.2, 0) is 23.0 Å². The van der Waals surface area contributed by atoms with Crippen molar-refractivity contribution in [3.63, 3.8) is 0 Å². The van der Waals surface area contributed by atoms with Gasteiger partial charge in [-0.05, 0) is 36.9 Å². The van der Waals surface area contributed by atoms with Gasteiger partial charge in [0.25, 0.3) is 10.1 Å². The van der Waals surface area contributed by atoms with Gasteiger partial charge in [-0.15, -0.1) is 0 Å². The van der Waals surface area contributed by atoms with Gasteiger partial charge in [-0.3, -0.25) is 4.55 Å². The van der Waals surface area contributed by atoms with E-state index in [9.17, 15) is 8.42 Å². The van der Waals surface area contributed by atoms with Crippen molar-refractivity contribution >= 4 is 10.1 Å². The van der Waals surface area contributed by atoms with E-state index in [1.807, 2.05) is 24.3 Å². The fraction of sp³-hybridized carbons (Fsp3) is 0.455. The molecule has 0 bridgehead atoms. The zero-order valence-corrected chi connectivity index (χ0v) is 9.91. The number of nitrogens with two attached hydrogens (primary N) is 1. The lowest BCUT2D eigenvalue weighted by atomic mass is 10.0. The van der Waals surface area contributed by atoms with E-state index >= 15 is 0 Å². The number of hydrogen-bond donors (Lipinski definition) is 2. The third-order valence-corrected chi connectivity index (χ3v) is 3.12. The molecule has 16 heavy (non-hydrogen) atoms. The monoisotopic (exact) mass is 243 g/mol. The van der Waals surface area contributed by atoms with E-state index in [4.69, 9.17) is 10.3 Å². The maximum Gasteiger partial charge on any atom is 0.265 e. The Morgan fingerprint density at radius 2 is 1.69 bits per heavy atom. The van der Waals surface area contributed by atoms with E-state index in [1.165, 1.54) is 0 Å². The van der Waals surface area contributed by atoms with E-state index in [-0.39, 0.29) is 5.75 Å². The van der Waals surface area contributed by atoms with Crippen LogP contribution in [0.3, 0.4) is 0 Å². The van der Waals surface area contributed by atoms with Crippen LogP contribution in [0.25, 0.3) is 0 Å². The highest BCUT2D eigenvalue weighted by Crippen LogP contribution is 2.12. The van der Waals surface area contributed by atoms with Gasteiger partial charge in [0.1, 0.15) is 0 Å². The van der Waals surface area contributed by atoms with Gasteiger partial charge in [-0.2, -0.15) is 8.42 Å². The summed E-state index contributed by atoms with van der Waals surface area (Å²) >= 11 is 0. The zero-order chi connectivity index (χ0) is 12.0. The van der Waals surface area contributed by atoms with Crippen molar-refractivity contribution in [2.75, 3.05) is 12.3 Å². The second-order valence-corrected chi connectivity index (χ2v) is 5.27. The molecule has 0 aromatic heterocycles. The third kappa shape index (κ3) is 4.74. The highest BCUT2D eigenvalue weighted by molar-refractivity contribution is 7.85. The van der Waals surface area contributed by atoms with Crippen LogP contribution in [0.15, 0.2) is 24.3 Å². The summed E-state index contributed by atoms with van der Waals surface area (Å²) in [6.45, 7) is 0.618. The van der Waals surface area contributed by atoms with Gasteiger partial charge in [-0.1, -0.05) is 24.3 Å². The second-order valence-electron chi connectivity index (χ2n) is 3.70. The quantitative estimate of drug-likeness (QED) is 0.731. The Labute approximate surface area is 96.2 Å². The molecule has 4 nitrogen and oxygen atoms in total. The summed E-state index contributed by atoms with van der Waals surface area (Å²) in [7, 11) is -3.88. The molecule has 1 rings (SSSR count). The van der Waals surface area contributed by atoms with Crippen LogP contribution in [0, 0.1) is 0 Å². The molecule has 5 heteroatoms. The molecule has 0 heterocycles. The molecule has 0 aliphatic rings. The normalized spacial score (nSPS) is 11.6. The molecule has 0 aliphatic carbocycles. The number of benzene rings is 1. The number of rotatable bonds is 6. The molecule has 3 N–H and O–H groups in total. The Morgan fingerprint density at radius 3 is 2.19 bits per heavy atom. The average molecular weight is 243 g/mol. The van der Waals surface area contributed by atoms with Crippen LogP contribution in [-0.4, -0.2) is 25.3 Å². The van der Waals surface area contributed by atoms with Crippen molar-refractivity contribution in [2.24, 2.45) is 5.73 Å². The van der Waals surface area contributed by atoms with Crippen LogP contribution >= 0.6 is 0 Å². The topological polar surface area (TPSA) is 80.4 Å². The minimum absolute atomic E-state index is 0.230. The summed E-state index contributed by atoms with van der Waals surface area (Å²) in [5, 5.41) is 0. The Morgan fingerprint density at radius 1 is 1.12 bits per heavy atom. The second kappa shape index (κ2) is 5.98. The van der Waals surface area contributed by atoms with Crippen molar-refractivity contribution in [3.05, 3.63) is 35.4 Å². The van der Waals surface area contributed by atoms with Crippen LogP contribution in [0.4, 0.5) is 0 Å². The van der Waals surface area contributed by atoms with Gasteiger partial charge >= 0.3 is 0 Å². The minimum Gasteiger partial charge on any atom is -0.330 e. The van der Waals surface area contributed by atoms with Crippen LogP contribution in [0.5, 0.6) is 0 Å². The minimum atomic E-state index is -3.88. The van der Waals surface area contributed by atoms with Crippen molar-refractivity contribution in [2.45, 2.75) is 19.3 Å². The van der Waals surface area contributed by atoms with E-state index in [1.54, 1.807) is 0 Å². The predicted octanol–water partition coefficient (Wildman–Crippen LogP) is 1.01. The largest absolute Gasteiger partial charge is 0.330 e. The molecular weight excluding hydrogens is 226 g/mol. The molecule has 1 aromatic rings. The molecule has 0 unspecified atom stereocenters. The summed E-state index contributed by atoms with van der Waals surface area (Å²) in [4.78, 5) is 0. The van der Waals surface area contributed by atoms with Crippen LogP contribution in [0.1, 0.15) is 17.5 Å². The first-order valence-electron chi connectivity index (χ1n) is 5.25. The van der Waals surface area contributed by atoms with E-state index < -0.39 is 10.1 Å². The van der Waals surface area contributed by atoms with Crippen LogP contribution in [0.2, 0.25) is 0 Å². The van der Waals surface area contributed by atoms with Gasteiger partial charge in [0.15, 0.2) is 0 Å². The smallest absolute Gasteiger partial charge is 0.265 e. The lowest BCUT2D eigenvalue weighted by Gasteiger charge is -2.07. The van der Waals surface area contributed by atoms with Gasteiger partial charge in [-0.25, -0.2) is 0 Å². The predicted molar refractivity (Wildman–Crippen MR) is 63.9 cm³/mol. The standard InChI is InChI=1S/C11H17NO3S/c12-8-3-6-10-4-1-2-5-11(10)7-9-16(13,14)15/h1-2,4-5H,3,6-9,12H2,(H,13,14,15). The number of aryl methyl sites for hydroxylation is 2. The number of hydrogen-bond acceptors (Lipinski definition) is 3. The molecule has 0 aliphatic heterocycles. The molecule has 1 aromatic carbocycles. The van der Waals surface area contributed by atoms with Crippen molar-refractivity contribution in [1.82, 2.24) is 0 Å². The summed E-state index contributed by atoms with van der Waals surface area (Å²) in [6.07, 6.45) is 2.07. The Kier molecular flexibility index (Phi) is 4.92. The van der Waals surface area contributed by atoms with Crippen molar-refractivity contribution < 1.29 is 13.0 Å². The average Bonchev–Trinajstić information content (AvgIpc) is 2.23. The zero-order valence-electron chi connectivity index (χ0n) is 9.09. The maximum atomic E-state index is 10.7. The molecular formula is C11H17NO3S. The summed E-state index contributed by atoms with van der Waals surface area (Å²) in [5.41, 5.74) is 7.51. The lowest BCUT2D eigenvalue weighted by molar-refractivity contribution is 0.482. The SMILES string of the molecule is NCCCc1ccccc1CCS(=O)(=O)O. The maximum absolute atomic E-state index is 10.7. The lowest BCUT2D eigenvalue weighted by Crippen LogP contribution is -2.09. The van der Waals surface area contributed by atoms with Gasteiger partial charge in [0.2, 0.25) is 0 Å². The first kappa shape index (κ1) is 13.2. The Balaban J connectivity index is 2.71. The summed E-state index contributed by atoms with van der Waals surface area (Å²) < 4.78 is 30.0. The first-order chi connectivity index (χ1) is 7.53. The van der Waals surface area contributed by atoms with Gasteiger partial charge in [0, 0.05) is 0 Å². The fourth-order valence-corrected chi connectivity index (χ4v) is 2.05. The van der Waals surface area contributed by atoms with E-state index in [2.05, 4.69) is 0 Å². The molecule has 0 radical (unpaired) electrons. The van der Waals surface area contributed by atoms with Crippen molar-refractivity contribution in [3.8, 4) is 0 Å². The fourth-order valence-electron chi connectivity index (χ4n) is 1.58. The van der Waals surface area contributed by atoms with Gasteiger partial charge < -0.3 is 5.73 Å². The molecule has 0 atom stereocenters. The Hall–Kier alpha value is -0.910. The summed E-state index contributed by atoms with van der Waals surface area (Å²) in [6, 6.07) is 7.64. The molecule has 0 amide bonds. The molecule has 90 valence electrons. The van der Waals surface area contributed by atoms with Gasteiger partial charge in [0.05, 0.1) is 5.75 Å². The highest BCUT2D eigenvalue weighted by atomic mass is 32.2.